The zero-order valence-electron chi connectivity index (χ0n) is 2.77. The Labute approximate surface area is 170 Å². The van der Waals surface area contributed by atoms with Crippen LogP contribution in [0.2, 0.25) is 0 Å². The summed E-state index contributed by atoms with van der Waals surface area (Å²) in [5, 5.41) is 0. The molecular formula is I6U-6. The van der Waals surface area contributed by atoms with E-state index in [1.165, 1.54) is 0 Å². The number of hydrogen-bond donors (Lipinski definition) is 0. The summed E-state index contributed by atoms with van der Waals surface area (Å²) >= 11 is 0. The summed E-state index contributed by atoms with van der Waals surface area (Å²) < 4.78 is 0. The maximum Gasteiger partial charge on any atom is 0 e. The van der Waals surface area contributed by atoms with E-state index in [2.05, 4.69) is 0 Å². The number of rotatable bonds is 0. The van der Waals surface area contributed by atoms with Crippen LogP contribution in [0.3, 0.4) is 0 Å². The molecule has 0 nitrogen and oxygen atoms in total. The Morgan fingerprint density at radius 3 is 0.286 bits per heavy atom. The van der Waals surface area contributed by atoms with Crippen LogP contribution in [-0.4, -0.2) is 0 Å². The van der Waals surface area contributed by atoms with Gasteiger partial charge in [-0.1, -0.05) is 0 Å². The van der Waals surface area contributed by atoms with E-state index in [0.717, 1.165) is 0 Å². The molecule has 0 heterocycles. The first-order valence-electron chi connectivity index (χ1n) is 0. The Morgan fingerprint density at radius 2 is 0.286 bits per heavy atom. The van der Waals surface area contributed by atoms with E-state index in [-0.39, 0.29) is 175 Å². The van der Waals surface area contributed by atoms with Gasteiger partial charge in [-0.2, -0.15) is 0 Å². The maximum atomic E-state index is 0. The van der Waals surface area contributed by atoms with Gasteiger partial charge in [0.05, 0.1) is 0 Å². The second kappa shape index (κ2) is 42.2. The van der Waals surface area contributed by atoms with Gasteiger partial charge in [0.15, 0.2) is 0 Å². The quantitative estimate of drug-likeness (QED) is 0.212. The van der Waals surface area contributed by atoms with Gasteiger partial charge in [-0.05, 0) is 0 Å². The van der Waals surface area contributed by atoms with Crippen molar-refractivity contribution in [3.05, 3.63) is 0 Å². The molecule has 0 amide bonds. The van der Waals surface area contributed by atoms with Crippen LogP contribution in [0.1, 0.15) is 0 Å². The summed E-state index contributed by atoms with van der Waals surface area (Å²) in [7, 11) is 0. The van der Waals surface area contributed by atoms with Gasteiger partial charge in [0.2, 0.25) is 0 Å². The van der Waals surface area contributed by atoms with E-state index >= 15 is 0 Å². The van der Waals surface area contributed by atoms with E-state index in [4.69, 9.17) is 0 Å². The minimum absolute atomic E-state index is 0. The Balaban J connectivity index is 0. The molecule has 0 aliphatic heterocycles. The molecule has 0 aliphatic carbocycles. The molecule has 0 aliphatic rings. The van der Waals surface area contributed by atoms with Crippen LogP contribution in [0, 0.1) is 31.1 Å². The van der Waals surface area contributed by atoms with Crippen molar-refractivity contribution in [2.45, 2.75) is 0 Å². The van der Waals surface area contributed by atoms with Crippen molar-refractivity contribution in [3.8, 4) is 0 Å². The first kappa shape index (κ1) is 55.1. The predicted molar refractivity (Wildman–Crippen MR) is 0 cm³/mol. The summed E-state index contributed by atoms with van der Waals surface area (Å²) in [5.74, 6) is 0. The molecule has 0 saturated heterocycles. The van der Waals surface area contributed by atoms with Crippen molar-refractivity contribution >= 4 is 0 Å². The van der Waals surface area contributed by atoms with E-state index in [9.17, 15) is 0 Å². The molecule has 52 valence electrons. The Kier molecular flexibility index (Phi) is 332. The summed E-state index contributed by atoms with van der Waals surface area (Å²) in [6.07, 6.45) is 0. The van der Waals surface area contributed by atoms with Gasteiger partial charge in [-0.3, -0.25) is 0 Å². The van der Waals surface area contributed by atoms with E-state index in [1.807, 2.05) is 0 Å². The number of hydrogen-bond acceptors (Lipinski definition) is 0. The SMILES string of the molecule is [I-].[I-].[I-].[I-].[I-].[I-].[U]. The molecule has 0 radical (unpaired) electrons. The van der Waals surface area contributed by atoms with Crippen LogP contribution in [0.5, 0.6) is 0 Å². The fourth-order valence-corrected chi connectivity index (χ4v) is 0. The molecular weight excluding hydrogens is 999 g/mol. The van der Waals surface area contributed by atoms with Crippen molar-refractivity contribution in [1.29, 1.82) is 0 Å². The van der Waals surface area contributed by atoms with Crippen molar-refractivity contribution in [2.24, 2.45) is 0 Å². The monoisotopic (exact) mass is 999 g/mol. The second-order valence-corrected chi connectivity index (χ2v) is 0. The minimum Gasteiger partial charge on any atom is -1.00 e. The first-order valence-corrected chi connectivity index (χ1v) is 0. The predicted octanol–water partition coefficient (Wildman–Crippen LogP) is -18.0. The summed E-state index contributed by atoms with van der Waals surface area (Å²) in [4.78, 5) is 0. The van der Waals surface area contributed by atoms with E-state index in [1.54, 1.807) is 0 Å². The average molecular weight is 999 g/mol. The summed E-state index contributed by atoms with van der Waals surface area (Å²) in [5.41, 5.74) is 0. The fourth-order valence-electron chi connectivity index (χ4n) is 0. The third-order valence-electron chi connectivity index (χ3n) is 0. The second-order valence-electron chi connectivity index (χ2n) is 0. The molecule has 0 atom stereocenters. The van der Waals surface area contributed by atoms with Crippen molar-refractivity contribution < 1.29 is 175 Å². The molecule has 0 N–H and O–H groups in total. The van der Waals surface area contributed by atoms with E-state index in [0.29, 0.717) is 0 Å². The molecule has 7 heavy (non-hydrogen) atoms. The average Bonchev–Trinajstić information content (AvgIpc) is 0. The van der Waals surface area contributed by atoms with Crippen molar-refractivity contribution in [2.75, 3.05) is 0 Å². The molecule has 0 bridgehead atoms. The molecule has 0 rings (SSSR count). The first-order chi connectivity index (χ1) is 0. The van der Waals surface area contributed by atoms with Gasteiger partial charge in [-0.15, -0.1) is 0 Å². The van der Waals surface area contributed by atoms with Gasteiger partial charge < -0.3 is 144 Å². The van der Waals surface area contributed by atoms with Gasteiger partial charge in [0.1, 0.15) is 0 Å². The molecule has 0 fully saturated rings. The molecule has 0 aromatic heterocycles. The molecule has 0 spiro atoms. The third-order valence-corrected chi connectivity index (χ3v) is 0. The van der Waals surface area contributed by atoms with Crippen LogP contribution in [0.25, 0.3) is 0 Å². The molecule has 0 aromatic rings. The normalized spacial score (nSPS) is 0. The summed E-state index contributed by atoms with van der Waals surface area (Å²) in [6.45, 7) is 0. The Hall–Kier alpha value is 5.43. The van der Waals surface area contributed by atoms with Gasteiger partial charge in [0, 0.05) is 31.1 Å². The largest absolute Gasteiger partial charge is 1.00 e. The number of halogens is 6. The van der Waals surface area contributed by atoms with Crippen molar-refractivity contribution in [3.63, 3.8) is 0 Å². The standard InChI is InChI=1S/6HI.U/h6*1H;/p-6. The summed E-state index contributed by atoms with van der Waals surface area (Å²) in [6, 6.07) is 0. The molecule has 7 heteroatoms. The van der Waals surface area contributed by atoms with Gasteiger partial charge in [-0.25, -0.2) is 0 Å². The van der Waals surface area contributed by atoms with Crippen LogP contribution in [0.4, 0.5) is 0 Å². The van der Waals surface area contributed by atoms with E-state index < -0.39 is 0 Å². The third kappa shape index (κ3) is 34.5. The van der Waals surface area contributed by atoms with Gasteiger partial charge >= 0.3 is 0 Å². The van der Waals surface area contributed by atoms with Crippen molar-refractivity contribution in [1.82, 2.24) is 0 Å². The zero-order chi connectivity index (χ0) is 0. The van der Waals surface area contributed by atoms with Crippen LogP contribution < -0.4 is 144 Å². The van der Waals surface area contributed by atoms with Gasteiger partial charge in [0.25, 0.3) is 0 Å². The molecule has 0 saturated carbocycles. The zero-order valence-corrected chi connectivity index (χ0v) is 19.9. The maximum absolute atomic E-state index is 0. The van der Waals surface area contributed by atoms with Crippen LogP contribution >= 0.6 is 0 Å². The van der Waals surface area contributed by atoms with Crippen LogP contribution in [0.15, 0.2) is 0 Å². The molecule has 0 aromatic carbocycles. The topological polar surface area (TPSA) is 0 Å². The molecule has 0 unspecified atom stereocenters. The van der Waals surface area contributed by atoms with Crippen LogP contribution in [-0.2, 0) is 0 Å². The Bertz CT molecular complexity index is 4.14. The smallest absolute Gasteiger partial charge is 0 e. The Morgan fingerprint density at radius 1 is 0.286 bits per heavy atom. The fraction of sp³-hybridized carbons (Fsp3) is 0. The minimum atomic E-state index is 0.